The van der Waals surface area contributed by atoms with Gasteiger partial charge in [-0.2, -0.15) is 0 Å². The summed E-state index contributed by atoms with van der Waals surface area (Å²) in [6, 6.07) is 0. The van der Waals surface area contributed by atoms with Gasteiger partial charge in [0.1, 0.15) is 10.9 Å². The van der Waals surface area contributed by atoms with Gasteiger partial charge in [0.15, 0.2) is 0 Å². The predicted molar refractivity (Wildman–Crippen MR) is 88.9 cm³/mol. The summed E-state index contributed by atoms with van der Waals surface area (Å²) in [6.07, 6.45) is 1.60. The molecule has 2 heterocycles. The van der Waals surface area contributed by atoms with Gasteiger partial charge >= 0.3 is 11.7 Å². The normalized spacial score (nSPS) is 12.4. The van der Waals surface area contributed by atoms with Gasteiger partial charge in [-0.3, -0.25) is 18.7 Å². The van der Waals surface area contributed by atoms with E-state index in [1.807, 2.05) is 6.92 Å². The number of hydrogen-bond donors (Lipinski definition) is 0. The zero-order valence-corrected chi connectivity index (χ0v) is 14.6. The molecule has 0 radical (unpaired) electrons. The van der Waals surface area contributed by atoms with Crippen LogP contribution in [0.5, 0.6) is 0 Å². The average molecular weight is 337 g/mol. The van der Waals surface area contributed by atoms with Crippen molar-refractivity contribution in [2.75, 3.05) is 6.61 Å². The molecule has 0 spiro atoms. The second-order valence-electron chi connectivity index (χ2n) is 5.19. The van der Waals surface area contributed by atoms with Gasteiger partial charge in [0.05, 0.1) is 12.0 Å². The number of nitrogens with zero attached hydrogens (tertiary/aromatic N) is 3. The van der Waals surface area contributed by atoms with Crippen molar-refractivity contribution in [2.45, 2.75) is 30.9 Å². The van der Waals surface area contributed by atoms with Gasteiger partial charge in [0.25, 0.3) is 5.56 Å². The Morgan fingerprint density at radius 3 is 2.61 bits per heavy atom. The molecule has 2 rings (SSSR count). The molecule has 2 aromatic rings. The summed E-state index contributed by atoms with van der Waals surface area (Å²) in [5.74, 6) is -0.344. The van der Waals surface area contributed by atoms with Gasteiger partial charge in [0, 0.05) is 25.2 Å². The number of thioether (sulfide) groups is 1. The molecule has 0 saturated carbocycles. The zero-order chi connectivity index (χ0) is 17.3. The van der Waals surface area contributed by atoms with Gasteiger partial charge in [-0.15, -0.1) is 11.8 Å². The van der Waals surface area contributed by atoms with Crippen LogP contribution < -0.4 is 11.2 Å². The second-order valence-corrected chi connectivity index (χ2v) is 6.54. The third-order valence-electron chi connectivity index (χ3n) is 3.51. The molecule has 0 aliphatic rings. The van der Waals surface area contributed by atoms with Gasteiger partial charge in [-0.1, -0.05) is 0 Å². The van der Waals surface area contributed by atoms with Gasteiger partial charge in [0.2, 0.25) is 0 Å². The maximum absolute atomic E-state index is 12.5. The number of rotatable bonds is 4. The Kier molecular flexibility index (Phi) is 4.93. The summed E-state index contributed by atoms with van der Waals surface area (Å²) in [6.45, 7) is 5.59. The quantitative estimate of drug-likeness (QED) is 0.611. The van der Waals surface area contributed by atoms with Crippen LogP contribution >= 0.6 is 11.8 Å². The van der Waals surface area contributed by atoms with E-state index in [-0.39, 0.29) is 5.97 Å². The monoisotopic (exact) mass is 337 g/mol. The lowest BCUT2D eigenvalue weighted by atomic mass is 10.2. The molecule has 0 aromatic carbocycles. The van der Waals surface area contributed by atoms with E-state index in [1.54, 1.807) is 27.1 Å². The van der Waals surface area contributed by atoms with Crippen molar-refractivity contribution in [1.82, 2.24) is 14.1 Å². The Morgan fingerprint density at radius 1 is 1.35 bits per heavy atom. The van der Waals surface area contributed by atoms with Crippen LogP contribution in [0.3, 0.4) is 0 Å². The van der Waals surface area contributed by atoms with Crippen LogP contribution in [-0.4, -0.2) is 31.9 Å². The van der Waals surface area contributed by atoms with Crippen molar-refractivity contribution in [3.05, 3.63) is 32.6 Å². The molecule has 0 bridgehead atoms. The Labute approximate surface area is 137 Å². The fourth-order valence-electron chi connectivity index (χ4n) is 2.23. The van der Waals surface area contributed by atoms with Crippen molar-refractivity contribution < 1.29 is 9.53 Å². The summed E-state index contributed by atoms with van der Waals surface area (Å²) in [5, 5.41) is -0.128. The molecule has 0 N–H and O–H groups in total. The van der Waals surface area contributed by atoms with Crippen molar-refractivity contribution in [2.24, 2.45) is 14.1 Å². The highest BCUT2D eigenvalue weighted by Crippen LogP contribution is 2.31. The Morgan fingerprint density at radius 2 is 2.00 bits per heavy atom. The van der Waals surface area contributed by atoms with E-state index in [2.05, 4.69) is 4.98 Å². The lowest BCUT2D eigenvalue weighted by Gasteiger charge is -2.15. The molecule has 1 unspecified atom stereocenters. The maximum atomic E-state index is 12.5. The number of ether oxygens (including phenoxy) is 1. The minimum Gasteiger partial charge on any atom is -0.465 e. The van der Waals surface area contributed by atoms with Crippen molar-refractivity contribution in [3.63, 3.8) is 0 Å². The Balaban J connectivity index is 2.69. The Hall–Kier alpha value is -2.09. The van der Waals surface area contributed by atoms with E-state index >= 15 is 0 Å². The van der Waals surface area contributed by atoms with E-state index in [1.165, 1.54) is 23.4 Å². The summed E-state index contributed by atoms with van der Waals surface area (Å²) < 4.78 is 7.38. The summed E-state index contributed by atoms with van der Waals surface area (Å²) in [5.41, 5.74) is 0.225. The van der Waals surface area contributed by atoms with Gasteiger partial charge < -0.3 is 4.74 Å². The van der Waals surface area contributed by atoms with E-state index in [0.29, 0.717) is 22.5 Å². The maximum Gasteiger partial charge on any atom is 0.332 e. The van der Waals surface area contributed by atoms with E-state index in [4.69, 9.17) is 4.74 Å². The fraction of sp³-hybridized carbons (Fsp3) is 0.467. The van der Waals surface area contributed by atoms with Crippen molar-refractivity contribution in [3.8, 4) is 0 Å². The topological polar surface area (TPSA) is 83.2 Å². The molecule has 0 amide bonds. The van der Waals surface area contributed by atoms with Gasteiger partial charge in [-0.05, 0) is 26.3 Å². The van der Waals surface area contributed by atoms with Crippen molar-refractivity contribution >= 4 is 28.8 Å². The van der Waals surface area contributed by atoms with Crippen LogP contribution in [0.4, 0.5) is 0 Å². The summed E-state index contributed by atoms with van der Waals surface area (Å²) in [4.78, 5) is 41.3. The van der Waals surface area contributed by atoms with E-state index in [9.17, 15) is 14.4 Å². The predicted octanol–water partition coefficient (Wildman–Crippen LogP) is 0.984. The van der Waals surface area contributed by atoms with Gasteiger partial charge in [-0.25, -0.2) is 9.78 Å². The number of carbonyl (C=O) groups is 1. The van der Waals surface area contributed by atoms with Crippen LogP contribution in [0, 0.1) is 6.92 Å². The first-order valence-corrected chi connectivity index (χ1v) is 8.06. The number of esters is 1. The number of aromatic nitrogens is 3. The highest BCUT2D eigenvalue weighted by atomic mass is 32.2. The molecule has 124 valence electrons. The molecule has 2 aromatic heterocycles. The lowest BCUT2D eigenvalue weighted by molar-refractivity contribution is -0.142. The van der Waals surface area contributed by atoms with Crippen LogP contribution in [-0.2, 0) is 23.6 Å². The molecule has 0 saturated heterocycles. The second kappa shape index (κ2) is 6.57. The van der Waals surface area contributed by atoms with E-state index < -0.39 is 16.5 Å². The zero-order valence-electron chi connectivity index (χ0n) is 13.7. The standard InChI is InChI=1S/C15H19N3O4S/c1-6-22-14(20)9(3)23-11-8(2)7-16-12-10(11)13(19)18(5)15(21)17(12)4/h7,9H,6H2,1-5H3. The molecule has 0 aliphatic carbocycles. The largest absolute Gasteiger partial charge is 0.465 e. The molecular formula is C15H19N3O4S. The minimum atomic E-state index is -0.471. The Bertz CT molecular complexity index is 885. The molecule has 0 aliphatic heterocycles. The molecule has 1 atom stereocenters. The summed E-state index contributed by atoms with van der Waals surface area (Å²) in [7, 11) is 2.99. The number of pyridine rings is 1. The average Bonchev–Trinajstić information content (AvgIpc) is 2.52. The first-order valence-electron chi connectivity index (χ1n) is 7.18. The van der Waals surface area contributed by atoms with Crippen LogP contribution in [0.15, 0.2) is 20.7 Å². The smallest absolute Gasteiger partial charge is 0.332 e. The molecule has 8 heteroatoms. The summed E-state index contributed by atoms with van der Waals surface area (Å²) >= 11 is 1.24. The molecular weight excluding hydrogens is 318 g/mol. The molecule has 0 fully saturated rings. The molecule has 7 nitrogen and oxygen atoms in total. The third kappa shape index (κ3) is 3.03. The van der Waals surface area contributed by atoms with Crippen molar-refractivity contribution in [1.29, 1.82) is 0 Å². The van der Waals surface area contributed by atoms with Crippen LogP contribution in [0.2, 0.25) is 0 Å². The molecule has 23 heavy (non-hydrogen) atoms. The highest BCUT2D eigenvalue weighted by Gasteiger charge is 2.21. The first-order chi connectivity index (χ1) is 10.8. The first kappa shape index (κ1) is 17.3. The SMILES string of the molecule is CCOC(=O)C(C)Sc1c(C)cnc2c1c(=O)n(C)c(=O)n2C. The number of fused-ring (bicyclic) bond motifs is 1. The van der Waals surface area contributed by atoms with Crippen LogP contribution in [0.1, 0.15) is 19.4 Å². The fourth-order valence-corrected chi connectivity index (χ4v) is 3.29. The van der Waals surface area contributed by atoms with Crippen LogP contribution in [0.25, 0.3) is 11.0 Å². The number of hydrogen-bond acceptors (Lipinski definition) is 6. The number of carbonyl (C=O) groups excluding carboxylic acids is 1. The highest BCUT2D eigenvalue weighted by molar-refractivity contribution is 8.00. The third-order valence-corrected chi connectivity index (χ3v) is 4.82. The minimum absolute atomic E-state index is 0.302. The lowest BCUT2D eigenvalue weighted by Crippen LogP contribution is -2.37. The number of aryl methyl sites for hydroxylation is 2. The van der Waals surface area contributed by atoms with E-state index in [0.717, 1.165) is 10.1 Å².